The molecule has 2 aliphatic heterocycles. The van der Waals surface area contributed by atoms with Crippen molar-refractivity contribution in [2.24, 2.45) is 11.7 Å². The first kappa shape index (κ1) is 23.9. The normalized spacial score (nSPS) is 16.3. The monoisotopic (exact) mass is 490 g/mol. The largest absolute Gasteiger partial charge is 0.367 e. The highest BCUT2D eigenvalue weighted by molar-refractivity contribution is 6.11. The van der Waals surface area contributed by atoms with Gasteiger partial charge >= 0.3 is 0 Å². The minimum absolute atomic E-state index is 0.242. The lowest BCUT2D eigenvalue weighted by Crippen LogP contribution is -2.21. The van der Waals surface area contributed by atoms with Crippen LogP contribution in [0.25, 0.3) is 11.1 Å². The number of anilines is 1. The number of aromatic nitrogens is 1. The van der Waals surface area contributed by atoms with Crippen molar-refractivity contribution in [1.82, 2.24) is 10.3 Å². The Labute approximate surface area is 208 Å². The molecule has 0 aliphatic carbocycles. The smallest absolute Gasteiger partial charge is 0.254 e. The van der Waals surface area contributed by atoms with Gasteiger partial charge in [0.1, 0.15) is 0 Å². The van der Waals surface area contributed by atoms with Gasteiger partial charge in [-0.15, -0.1) is 0 Å². The number of benzene rings is 2. The van der Waals surface area contributed by atoms with Gasteiger partial charge in [-0.25, -0.2) is 8.78 Å². The number of primary amides is 1. The molecule has 3 heterocycles. The predicted octanol–water partition coefficient (Wildman–Crippen LogP) is 4.69. The lowest BCUT2D eigenvalue weighted by atomic mass is 9.88. The summed E-state index contributed by atoms with van der Waals surface area (Å²) < 4.78 is 27.0. The number of hydrogen-bond acceptors (Lipinski definition) is 4. The Morgan fingerprint density at radius 1 is 1.17 bits per heavy atom. The Morgan fingerprint density at radius 2 is 1.94 bits per heavy atom. The van der Waals surface area contributed by atoms with Gasteiger partial charge in [-0.3, -0.25) is 14.6 Å². The number of carbonyl (C=O) groups is 2. The van der Waals surface area contributed by atoms with Crippen LogP contribution in [0.2, 0.25) is 0 Å². The van der Waals surface area contributed by atoms with Gasteiger partial charge in [-0.1, -0.05) is 26.0 Å². The van der Waals surface area contributed by atoms with Gasteiger partial charge in [-0.2, -0.15) is 0 Å². The first-order chi connectivity index (χ1) is 17.1. The van der Waals surface area contributed by atoms with Gasteiger partial charge in [-0.05, 0) is 66.6 Å². The van der Waals surface area contributed by atoms with Gasteiger partial charge in [0.25, 0.3) is 11.8 Å². The van der Waals surface area contributed by atoms with E-state index in [9.17, 15) is 18.4 Å². The number of halogens is 2. The quantitative estimate of drug-likeness (QED) is 0.525. The number of nitrogens with zero attached hydrogens (tertiary/aromatic N) is 2. The number of nitrogens with one attached hydrogen (secondary N) is 1. The molecule has 3 N–H and O–H groups in total. The molecule has 36 heavy (non-hydrogen) atoms. The van der Waals surface area contributed by atoms with Crippen molar-refractivity contribution in [3.8, 4) is 11.1 Å². The molecule has 5 rings (SSSR count). The molecule has 186 valence electrons. The molecule has 0 radical (unpaired) electrons. The number of carbonyl (C=O) groups excluding carboxylic acids is 2. The standard InChI is InChI=1S/C28H28F2N4O2/c1-14(2)10-21-24(27(31)35)23(25-26(33-21)15(3)32-28(25)36)18-5-7-22-17(12-18)8-9-34(22)13-16-4-6-19(29)20(30)11-16/h4-7,11-12,14-15H,8-10,13H2,1-3H3,(H2,31,35)(H,32,36). The second-order valence-corrected chi connectivity index (χ2v) is 9.99. The number of amides is 2. The van der Waals surface area contributed by atoms with E-state index in [0.717, 1.165) is 29.3 Å². The van der Waals surface area contributed by atoms with E-state index in [2.05, 4.69) is 10.2 Å². The number of rotatable bonds is 6. The van der Waals surface area contributed by atoms with Crippen molar-refractivity contribution < 1.29 is 18.4 Å². The van der Waals surface area contributed by atoms with Gasteiger partial charge in [0.05, 0.1) is 28.6 Å². The van der Waals surface area contributed by atoms with E-state index >= 15 is 0 Å². The zero-order valence-corrected chi connectivity index (χ0v) is 20.5. The van der Waals surface area contributed by atoms with E-state index in [4.69, 9.17) is 10.7 Å². The molecule has 3 aromatic rings. The fourth-order valence-electron chi connectivity index (χ4n) is 5.27. The van der Waals surface area contributed by atoms with E-state index < -0.39 is 17.5 Å². The van der Waals surface area contributed by atoms with Crippen LogP contribution < -0.4 is 16.0 Å². The average Bonchev–Trinajstić information content (AvgIpc) is 3.34. The topological polar surface area (TPSA) is 88.3 Å². The molecule has 2 amide bonds. The van der Waals surface area contributed by atoms with Gasteiger partial charge in [0.15, 0.2) is 11.6 Å². The third-order valence-electron chi connectivity index (χ3n) is 6.85. The predicted molar refractivity (Wildman–Crippen MR) is 134 cm³/mol. The average molecular weight is 491 g/mol. The summed E-state index contributed by atoms with van der Waals surface area (Å²) >= 11 is 0. The van der Waals surface area contributed by atoms with Crippen LogP contribution in [0.1, 0.15) is 70.0 Å². The molecule has 1 aromatic heterocycles. The first-order valence-corrected chi connectivity index (χ1v) is 12.1. The minimum Gasteiger partial charge on any atom is -0.367 e. The third kappa shape index (κ3) is 4.10. The molecule has 1 atom stereocenters. The zero-order chi connectivity index (χ0) is 25.7. The van der Waals surface area contributed by atoms with Crippen LogP contribution in [0.4, 0.5) is 14.5 Å². The van der Waals surface area contributed by atoms with E-state index in [1.165, 1.54) is 6.07 Å². The maximum atomic E-state index is 13.7. The maximum absolute atomic E-state index is 13.7. The van der Waals surface area contributed by atoms with E-state index in [-0.39, 0.29) is 17.9 Å². The van der Waals surface area contributed by atoms with Crippen LogP contribution >= 0.6 is 0 Å². The van der Waals surface area contributed by atoms with Crippen LogP contribution in [0.5, 0.6) is 0 Å². The van der Waals surface area contributed by atoms with Gasteiger partial charge in [0.2, 0.25) is 0 Å². The highest BCUT2D eigenvalue weighted by Gasteiger charge is 2.35. The zero-order valence-electron chi connectivity index (χ0n) is 20.5. The molecular weight excluding hydrogens is 462 g/mol. The van der Waals surface area contributed by atoms with Crippen LogP contribution in [0, 0.1) is 17.6 Å². The molecule has 0 spiro atoms. The molecule has 0 fully saturated rings. The molecule has 8 heteroatoms. The lowest BCUT2D eigenvalue weighted by molar-refractivity contribution is 0.0959. The Hall–Kier alpha value is -3.81. The minimum atomic E-state index is -0.865. The molecule has 0 saturated carbocycles. The summed E-state index contributed by atoms with van der Waals surface area (Å²) in [6.07, 6.45) is 1.31. The van der Waals surface area contributed by atoms with Crippen molar-refractivity contribution in [3.05, 3.63) is 81.7 Å². The first-order valence-electron chi connectivity index (χ1n) is 12.1. The molecular formula is C28H28F2N4O2. The number of nitrogens with two attached hydrogens (primary N) is 1. The molecule has 0 bridgehead atoms. The van der Waals surface area contributed by atoms with E-state index in [0.29, 0.717) is 53.2 Å². The van der Waals surface area contributed by atoms with Crippen molar-refractivity contribution in [1.29, 1.82) is 0 Å². The Morgan fingerprint density at radius 3 is 2.64 bits per heavy atom. The Bertz CT molecular complexity index is 1400. The summed E-state index contributed by atoms with van der Waals surface area (Å²) in [6, 6.07) is 9.52. The second-order valence-electron chi connectivity index (χ2n) is 9.99. The highest BCUT2D eigenvalue weighted by atomic mass is 19.2. The van der Waals surface area contributed by atoms with Crippen molar-refractivity contribution >= 4 is 17.5 Å². The lowest BCUT2D eigenvalue weighted by Gasteiger charge is -2.21. The number of hydrogen-bond donors (Lipinski definition) is 2. The summed E-state index contributed by atoms with van der Waals surface area (Å²) in [5.74, 6) is -2.36. The maximum Gasteiger partial charge on any atom is 0.254 e. The summed E-state index contributed by atoms with van der Waals surface area (Å²) in [6.45, 7) is 7.12. The Balaban J connectivity index is 1.60. The van der Waals surface area contributed by atoms with Crippen LogP contribution in [0.3, 0.4) is 0 Å². The van der Waals surface area contributed by atoms with E-state index in [1.54, 1.807) is 6.07 Å². The summed E-state index contributed by atoms with van der Waals surface area (Å²) in [7, 11) is 0. The summed E-state index contributed by atoms with van der Waals surface area (Å²) in [5, 5.41) is 2.92. The Kier molecular flexibility index (Phi) is 5.98. The summed E-state index contributed by atoms with van der Waals surface area (Å²) in [5.41, 5.74) is 11.8. The SMILES string of the molecule is CC(C)Cc1nc2c(c(-c3ccc4c(c3)CCN4Cc3ccc(F)c(F)c3)c1C(N)=O)C(=O)NC2C. The molecule has 0 saturated heterocycles. The van der Waals surface area contributed by atoms with Crippen molar-refractivity contribution in [3.63, 3.8) is 0 Å². The third-order valence-corrected chi connectivity index (χ3v) is 6.85. The fourth-order valence-corrected chi connectivity index (χ4v) is 5.27. The van der Waals surface area contributed by atoms with Gasteiger partial charge in [0, 0.05) is 24.3 Å². The van der Waals surface area contributed by atoms with Crippen molar-refractivity contribution in [2.45, 2.75) is 46.2 Å². The van der Waals surface area contributed by atoms with Crippen LogP contribution in [0.15, 0.2) is 36.4 Å². The molecule has 2 aliphatic rings. The van der Waals surface area contributed by atoms with Crippen LogP contribution in [-0.2, 0) is 19.4 Å². The van der Waals surface area contributed by atoms with Gasteiger partial charge < -0.3 is 16.0 Å². The molecule has 1 unspecified atom stereocenters. The summed E-state index contributed by atoms with van der Waals surface area (Å²) in [4.78, 5) is 32.5. The molecule has 6 nitrogen and oxygen atoms in total. The number of pyridine rings is 1. The molecule has 2 aromatic carbocycles. The highest BCUT2D eigenvalue weighted by Crippen LogP contribution is 2.40. The number of fused-ring (bicyclic) bond motifs is 2. The van der Waals surface area contributed by atoms with Crippen LogP contribution in [-0.4, -0.2) is 23.3 Å². The second kappa shape index (κ2) is 9.00. The van der Waals surface area contributed by atoms with E-state index in [1.807, 2.05) is 39.0 Å². The van der Waals surface area contributed by atoms with Crippen molar-refractivity contribution in [2.75, 3.05) is 11.4 Å². The fraction of sp³-hybridized carbons (Fsp3) is 0.321.